The van der Waals surface area contributed by atoms with Crippen molar-refractivity contribution in [1.29, 1.82) is 0 Å². The lowest BCUT2D eigenvalue weighted by molar-refractivity contribution is 0.499. The van der Waals surface area contributed by atoms with E-state index in [0.717, 1.165) is 0 Å². The fourth-order valence-electron chi connectivity index (χ4n) is 2.83. The standard InChI is InChI=1S/C22H17F4N/c1-3-27-12-16-9-11-18(22(26)20(16)24)15-7-5-14(6-8-15)17-10-4-13(2)19(23)21(17)25/h3-11,27H,1,12H2,2H3. The maximum atomic E-state index is 14.4. The first-order valence-corrected chi connectivity index (χ1v) is 8.30. The lowest BCUT2D eigenvalue weighted by Gasteiger charge is -2.10. The SMILES string of the molecule is C=CNCc1ccc(-c2ccc(-c3ccc(C)c(F)c3F)cc2)c(F)c1F. The fraction of sp³-hybridized carbons (Fsp3) is 0.0909. The Hall–Kier alpha value is -3.08. The van der Waals surface area contributed by atoms with E-state index in [1.165, 1.54) is 37.4 Å². The monoisotopic (exact) mass is 371 g/mol. The van der Waals surface area contributed by atoms with E-state index in [1.807, 2.05) is 0 Å². The zero-order valence-electron chi connectivity index (χ0n) is 14.6. The highest BCUT2D eigenvalue weighted by molar-refractivity contribution is 5.71. The third kappa shape index (κ3) is 3.58. The third-order valence-electron chi connectivity index (χ3n) is 4.38. The summed E-state index contributed by atoms with van der Waals surface area (Å²) in [5.41, 5.74) is 1.50. The van der Waals surface area contributed by atoms with Gasteiger partial charge in [0, 0.05) is 23.2 Å². The van der Waals surface area contributed by atoms with Crippen molar-refractivity contribution >= 4 is 0 Å². The molecule has 5 heteroatoms. The molecule has 0 aliphatic heterocycles. The van der Waals surface area contributed by atoms with Crippen LogP contribution in [0.3, 0.4) is 0 Å². The van der Waals surface area contributed by atoms with Gasteiger partial charge in [0.05, 0.1) is 0 Å². The molecule has 3 aromatic carbocycles. The van der Waals surface area contributed by atoms with Gasteiger partial charge >= 0.3 is 0 Å². The second-order valence-corrected chi connectivity index (χ2v) is 6.12. The van der Waals surface area contributed by atoms with Gasteiger partial charge in [0.2, 0.25) is 0 Å². The van der Waals surface area contributed by atoms with Crippen LogP contribution in [0.1, 0.15) is 11.1 Å². The molecule has 0 radical (unpaired) electrons. The summed E-state index contributed by atoms with van der Waals surface area (Å²) < 4.78 is 56.5. The highest BCUT2D eigenvalue weighted by atomic mass is 19.2. The molecule has 0 amide bonds. The van der Waals surface area contributed by atoms with E-state index >= 15 is 0 Å². The van der Waals surface area contributed by atoms with E-state index in [2.05, 4.69) is 11.9 Å². The molecule has 0 fully saturated rings. The molecule has 0 aliphatic carbocycles. The molecule has 0 saturated carbocycles. The van der Waals surface area contributed by atoms with E-state index in [1.54, 1.807) is 24.3 Å². The number of nitrogens with one attached hydrogen (secondary N) is 1. The minimum absolute atomic E-state index is 0.0944. The van der Waals surface area contributed by atoms with Crippen LogP contribution >= 0.6 is 0 Å². The lowest BCUT2D eigenvalue weighted by atomic mass is 9.98. The molecular weight excluding hydrogens is 354 g/mol. The van der Waals surface area contributed by atoms with E-state index in [0.29, 0.717) is 11.1 Å². The normalized spacial score (nSPS) is 10.7. The summed E-state index contributed by atoms with van der Waals surface area (Å²) in [7, 11) is 0. The van der Waals surface area contributed by atoms with Crippen LogP contribution in [0.15, 0.2) is 61.3 Å². The Morgan fingerprint density at radius 2 is 1.26 bits per heavy atom. The van der Waals surface area contributed by atoms with Crippen molar-refractivity contribution in [3.8, 4) is 22.3 Å². The first kappa shape index (κ1) is 18.7. The average Bonchev–Trinajstić information content (AvgIpc) is 2.68. The molecule has 3 aromatic rings. The summed E-state index contributed by atoms with van der Waals surface area (Å²) in [6, 6.07) is 12.2. The fourth-order valence-corrected chi connectivity index (χ4v) is 2.83. The van der Waals surface area contributed by atoms with Crippen molar-refractivity contribution < 1.29 is 17.6 Å². The number of halogens is 4. The number of rotatable bonds is 5. The molecule has 1 N–H and O–H groups in total. The molecule has 138 valence electrons. The predicted octanol–water partition coefficient (Wildman–Crippen LogP) is 6.12. The van der Waals surface area contributed by atoms with Gasteiger partial charge < -0.3 is 5.32 Å². The second kappa shape index (κ2) is 7.66. The van der Waals surface area contributed by atoms with Crippen LogP contribution in [-0.2, 0) is 6.54 Å². The largest absolute Gasteiger partial charge is 0.387 e. The first-order valence-electron chi connectivity index (χ1n) is 8.30. The zero-order chi connectivity index (χ0) is 19.6. The van der Waals surface area contributed by atoms with Crippen molar-refractivity contribution in [3.05, 3.63) is 95.7 Å². The molecule has 0 atom stereocenters. The third-order valence-corrected chi connectivity index (χ3v) is 4.38. The van der Waals surface area contributed by atoms with E-state index < -0.39 is 23.3 Å². The van der Waals surface area contributed by atoms with Crippen LogP contribution in [0.2, 0.25) is 0 Å². The molecule has 3 rings (SSSR count). The van der Waals surface area contributed by atoms with Crippen molar-refractivity contribution in [2.45, 2.75) is 13.5 Å². The summed E-state index contributed by atoms with van der Waals surface area (Å²) in [5, 5.41) is 2.72. The highest BCUT2D eigenvalue weighted by Crippen LogP contribution is 2.31. The van der Waals surface area contributed by atoms with Gasteiger partial charge in [0.15, 0.2) is 23.3 Å². The number of aryl methyl sites for hydroxylation is 1. The quantitative estimate of drug-likeness (QED) is 0.533. The van der Waals surface area contributed by atoms with E-state index in [9.17, 15) is 17.6 Å². The minimum atomic E-state index is -0.960. The van der Waals surface area contributed by atoms with Crippen LogP contribution < -0.4 is 5.32 Å². The van der Waals surface area contributed by atoms with Crippen LogP contribution in [0.25, 0.3) is 22.3 Å². The number of benzene rings is 3. The second-order valence-electron chi connectivity index (χ2n) is 6.12. The maximum Gasteiger partial charge on any atom is 0.166 e. The van der Waals surface area contributed by atoms with E-state index in [4.69, 9.17) is 0 Å². The van der Waals surface area contributed by atoms with Gasteiger partial charge in [-0.25, -0.2) is 17.6 Å². The van der Waals surface area contributed by atoms with Gasteiger partial charge in [-0.3, -0.25) is 0 Å². The molecule has 27 heavy (non-hydrogen) atoms. The Bertz CT molecular complexity index is 994. The van der Waals surface area contributed by atoms with Gasteiger partial charge in [-0.1, -0.05) is 55.1 Å². The molecule has 0 aromatic heterocycles. The molecule has 0 aliphatic rings. The van der Waals surface area contributed by atoms with Crippen LogP contribution in [0.4, 0.5) is 17.6 Å². The summed E-state index contributed by atoms with van der Waals surface area (Å²) >= 11 is 0. The molecule has 1 nitrogen and oxygen atoms in total. The van der Waals surface area contributed by atoms with Crippen molar-refractivity contribution in [3.63, 3.8) is 0 Å². The minimum Gasteiger partial charge on any atom is -0.387 e. The van der Waals surface area contributed by atoms with Crippen molar-refractivity contribution in [2.75, 3.05) is 0 Å². The summed E-state index contributed by atoms with van der Waals surface area (Å²) in [5.74, 6) is -3.72. The van der Waals surface area contributed by atoms with Crippen LogP contribution in [-0.4, -0.2) is 0 Å². The molecule has 0 bridgehead atoms. The molecule has 0 heterocycles. The number of hydrogen-bond acceptors (Lipinski definition) is 1. The maximum absolute atomic E-state index is 14.4. The van der Waals surface area contributed by atoms with Gasteiger partial charge in [0.1, 0.15) is 0 Å². The van der Waals surface area contributed by atoms with Gasteiger partial charge in [-0.2, -0.15) is 0 Å². The zero-order valence-corrected chi connectivity index (χ0v) is 14.6. The van der Waals surface area contributed by atoms with Gasteiger partial charge in [-0.15, -0.1) is 0 Å². The highest BCUT2D eigenvalue weighted by Gasteiger charge is 2.16. The van der Waals surface area contributed by atoms with Gasteiger partial charge in [-0.05, 0) is 29.8 Å². The Kier molecular flexibility index (Phi) is 5.31. The lowest BCUT2D eigenvalue weighted by Crippen LogP contribution is -2.07. The van der Waals surface area contributed by atoms with Crippen molar-refractivity contribution in [1.82, 2.24) is 5.32 Å². The van der Waals surface area contributed by atoms with Crippen LogP contribution in [0.5, 0.6) is 0 Å². The summed E-state index contributed by atoms with van der Waals surface area (Å²) in [4.78, 5) is 0. The Morgan fingerprint density at radius 3 is 1.81 bits per heavy atom. The topological polar surface area (TPSA) is 12.0 Å². The summed E-state index contributed by atoms with van der Waals surface area (Å²) in [6.07, 6.45) is 1.40. The van der Waals surface area contributed by atoms with E-state index in [-0.39, 0.29) is 28.8 Å². The smallest absolute Gasteiger partial charge is 0.166 e. The van der Waals surface area contributed by atoms with Gasteiger partial charge in [0.25, 0.3) is 0 Å². The first-order chi connectivity index (χ1) is 12.9. The Balaban J connectivity index is 1.96. The Morgan fingerprint density at radius 1 is 0.741 bits per heavy atom. The molecule has 0 saturated heterocycles. The van der Waals surface area contributed by atoms with Crippen LogP contribution in [0, 0.1) is 30.2 Å². The molecule has 0 unspecified atom stereocenters. The predicted molar refractivity (Wildman–Crippen MR) is 98.9 cm³/mol. The van der Waals surface area contributed by atoms with Crippen molar-refractivity contribution in [2.24, 2.45) is 0 Å². The average molecular weight is 371 g/mol. The Labute approximate surface area is 155 Å². The number of hydrogen-bond donors (Lipinski definition) is 1. The molecular formula is C22H17F4N. The molecule has 0 spiro atoms. The summed E-state index contributed by atoms with van der Waals surface area (Å²) in [6.45, 7) is 5.08.